The van der Waals surface area contributed by atoms with Crippen molar-refractivity contribution >= 4 is 11.6 Å². The quantitative estimate of drug-likeness (QED) is 0.800. The van der Waals surface area contributed by atoms with Crippen LogP contribution in [0.2, 0.25) is 0 Å². The van der Waals surface area contributed by atoms with Crippen LogP contribution < -0.4 is 10.1 Å². The molecular formula is C19H20F3NO3. The lowest BCUT2D eigenvalue weighted by Gasteiger charge is -2.18. The summed E-state index contributed by atoms with van der Waals surface area (Å²) >= 11 is 0. The predicted octanol–water partition coefficient (Wildman–Crippen LogP) is 4.31. The average Bonchev–Trinajstić information content (AvgIpc) is 2.57. The fourth-order valence-electron chi connectivity index (χ4n) is 2.30. The lowest BCUT2D eigenvalue weighted by Crippen LogP contribution is -2.23. The van der Waals surface area contributed by atoms with Crippen LogP contribution in [0.25, 0.3) is 0 Å². The minimum absolute atomic E-state index is 0.0383. The molecule has 0 aliphatic rings. The molecule has 0 aliphatic heterocycles. The van der Waals surface area contributed by atoms with E-state index < -0.39 is 23.8 Å². The van der Waals surface area contributed by atoms with Crippen LogP contribution in [0.3, 0.4) is 0 Å². The highest BCUT2D eigenvalue weighted by molar-refractivity contribution is 5.91. The zero-order valence-corrected chi connectivity index (χ0v) is 14.4. The van der Waals surface area contributed by atoms with Gasteiger partial charge in [-0.05, 0) is 43.2 Å². The SMILES string of the molecule is Cc1ccc(OCCC(=O)Nc2ccccc2[C@H](O)C(F)(F)F)cc1C. The number of rotatable bonds is 6. The number of aliphatic hydroxyl groups is 1. The molecule has 2 aromatic carbocycles. The number of alkyl halides is 3. The van der Waals surface area contributed by atoms with Crippen LogP contribution in [0.1, 0.15) is 29.2 Å². The van der Waals surface area contributed by atoms with Gasteiger partial charge in [0.25, 0.3) is 0 Å². The van der Waals surface area contributed by atoms with Crippen molar-refractivity contribution in [3.63, 3.8) is 0 Å². The Morgan fingerprint density at radius 1 is 1.15 bits per heavy atom. The Balaban J connectivity index is 1.95. The van der Waals surface area contributed by atoms with Crippen LogP contribution in [0, 0.1) is 13.8 Å². The first-order valence-electron chi connectivity index (χ1n) is 8.02. The van der Waals surface area contributed by atoms with E-state index in [-0.39, 0.29) is 18.7 Å². The summed E-state index contributed by atoms with van der Waals surface area (Å²) in [6, 6.07) is 10.8. The molecule has 0 aromatic heterocycles. The number of amides is 1. The molecule has 7 heteroatoms. The number of ether oxygens (including phenoxy) is 1. The molecule has 1 amide bonds. The Morgan fingerprint density at radius 3 is 2.50 bits per heavy atom. The average molecular weight is 367 g/mol. The fourth-order valence-corrected chi connectivity index (χ4v) is 2.30. The number of anilines is 1. The number of hydrogen-bond donors (Lipinski definition) is 2. The maximum atomic E-state index is 12.7. The van der Waals surface area contributed by atoms with E-state index in [9.17, 15) is 23.1 Å². The third-order valence-corrected chi connectivity index (χ3v) is 3.92. The molecule has 2 N–H and O–H groups in total. The van der Waals surface area contributed by atoms with Crippen molar-refractivity contribution in [1.29, 1.82) is 0 Å². The van der Waals surface area contributed by atoms with Gasteiger partial charge < -0.3 is 15.2 Å². The molecule has 1 atom stereocenters. The number of nitrogens with one attached hydrogen (secondary N) is 1. The standard InChI is InChI=1S/C19H20F3NO3/c1-12-7-8-14(11-13(12)2)26-10-9-17(24)23-16-6-4-3-5-15(16)18(25)19(20,21)22/h3-8,11,18,25H,9-10H2,1-2H3,(H,23,24)/t18-/m0/s1. The summed E-state index contributed by atoms with van der Waals surface area (Å²) in [6.07, 6.45) is -7.51. The maximum absolute atomic E-state index is 12.7. The molecule has 0 spiro atoms. The second-order valence-electron chi connectivity index (χ2n) is 5.92. The monoisotopic (exact) mass is 367 g/mol. The largest absolute Gasteiger partial charge is 0.493 e. The van der Waals surface area contributed by atoms with Crippen LogP contribution in [0.5, 0.6) is 5.75 Å². The van der Waals surface area contributed by atoms with Crippen LogP contribution in [-0.4, -0.2) is 23.8 Å². The van der Waals surface area contributed by atoms with Gasteiger partial charge in [-0.15, -0.1) is 0 Å². The van der Waals surface area contributed by atoms with Gasteiger partial charge in [-0.25, -0.2) is 0 Å². The molecule has 2 rings (SSSR count). The van der Waals surface area contributed by atoms with E-state index in [1.165, 1.54) is 18.2 Å². The van der Waals surface area contributed by atoms with Crippen molar-refractivity contribution in [2.75, 3.05) is 11.9 Å². The lowest BCUT2D eigenvalue weighted by molar-refractivity contribution is -0.206. The number of benzene rings is 2. The van der Waals surface area contributed by atoms with Crippen LogP contribution in [0.4, 0.5) is 18.9 Å². The van der Waals surface area contributed by atoms with E-state index in [4.69, 9.17) is 4.74 Å². The summed E-state index contributed by atoms with van der Waals surface area (Å²) in [5, 5.41) is 11.8. The topological polar surface area (TPSA) is 58.6 Å². The molecule has 2 aromatic rings. The Morgan fingerprint density at radius 2 is 1.85 bits per heavy atom. The second kappa shape index (κ2) is 8.23. The van der Waals surface area contributed by atoms with Crippen molar-refractivity contribution in [2.45, 2.75) is 32.5 Å². The third kappa shape index (κ3) is 5.23. The first-order valence-corrected chi connectivity index (χ1v) is 8.02. The number of hydrogen-bond acceptors (Lipinski definition) is 3. The van der Waals surface area contributed by atoms with Gasteiger partial charge in [0.05, 0.1) is 13.0 Å². The zero-order valence-electron chi connectivity index (χ0n) is 14.4. The van der Waals surface area contributed by atoms with Crippen molar-refractivity contribution in [3.05, 3.63) is 59.2 Å². The second-order valence-corrected chi connectivity index (χ2v) is 5.92. The first-order chi connectivity index (χ1) is 12.2. The summed E-state index contributed by atoms with van der Waals surface area (Å²) in [4.78, 5) is 12.0. The molecule has 26 heavy (non-hydrogen) atoms. The van der Waals surface area contributed by atoms with Crippen molar-refractivity contribution < 1.29 is 27.8 Å². The summed E-state index contributed by atoms with van der Waals surface area (Å²) in [5.74, 6) is 0.115. The summed E-state index contributed by atoms with van der Waals surface area (Å²) in [7, 11) is 0. The van der Waals surface area contributed by atoms with Gasteiger partial charge in [0.2, 0.25) is 5.91 Å². The number of carbonyl (C=O) groups is 1. The Hall–Kier alpha value is -2.54. The smallest absolute Gasteiger partial charge is 0.418 e. The van der Waals surface area contributed by atoms with Crippen LogP contribution in [-0.2, 0) is 4.79 Å². The molecule has 0 saturated heterocycles. The van der Waals surface area contributed by atoms with Crippen molar-refractivity contribution in [2.24, 2.45) is 0 Å². The van der Waals surface area contributed by atoms with E-state index in [0.29, 0.717) is 5.75 Å². The van der Waals surface area contributed by atoms with E-state index in [0.717, 1.165) is 17.2 Å². The normalized spacial score (nSPS) is 12.5. The molecule has 0 unspecified atom stereocenters. The van der Waals surface area contributed by atoms with E-state index in [2.05, 4.69) is 5.32 Å². The Labute approximate surface area is 149 Å². The van der Waals surface area contributed by atoms with Gasteiger partial charge in [0.15, 0.2) is 6.10 Å². The molecular weight excluding hydrogens is 347 g/mol. The third-order valence-electron chi connectivity index (χ3n) is 3.92. The molecule has 4 nitrogen and oxygen atoms in total. The highest BCUT2D eigenvalue weighted by Gasteiger charge is 2.40. The number of para-hydroxylation sites is 1. The fraction of sp³-hybridized carbons (Fsp3) is 0.316. The van der Waals surface area contributed by atoms with Gasteiger partial charge in [-0.3, -0.25) is 4.79 Å². The van der Waals surface area contributed by atoms with Crippen LogP contribution >= 0.6 is 0 Å². The molecule has 140 valence electrons. The molecule has 0 saturated carbocycles. The minimum atomic E-state index is -4.81. The lowest BCUT2D eigenvalue weighted by atomic mass is 10.1. The van der Waals surface area contributed by atoms with E-state index in [1.807, 2.05) is 26.0 Å². The van der Waals surface area contributed by atoms with Crippen molar-refractivity contribution in [3.8, 4) is 5.75 Å². The molecule has 0 radical (unpaired) electrons. The molecule has 0 bridgehead atoms. The summed E-state index contributed by atoms with van der Waals surface area (Å²) in [5.41, 5.74) is 1.70. The molecule has 0 aliphatic carbocycles. The van der Waals surface area contributed by atoms with Gasteiger partial charge in [0.1, 0.15) is 5.75 Å². The Bertz CT molecular complexity index is 775. The zero-order chi connectivity index (χ0) is 19.3. The molecule has 0 heterocycles. The van der Waals surface area contributed by atoms with Gasteiger partial charge in [-0.2, -0.15) is 13.2 Å². The van der Waals surface area contributed by atoms with Crippen LogP contribution in [0.15, 0.2) is 42.5 Å². The first kappa shape index (κ1) is 19.8. The predicted molar refractivity (Wildman–Crippen MR) is 92.1 cm³/mol. The number of aliphatic hydroxyl groups excluding tert-OH is 1. The maximum Gasteiger partial charge on any atom is 0.418 e. The number of carbonyl (C=O) groups excluding carboxylic acids is 1. The summed E-state index contributed by atoms with van der Waals surface area (Å²) in [6.45, 7) is 4.00. The van der Waals surface area contributed by atoms with E-state index in [1.54, 1.807) is 6.07 Å². The number of halogens is 3. The van der Waals surface area contributed by atoms with Gasteiger partial charge in [-0.1, -0.05) is 24.3 Å². The highest BCUT2D eigenvalue weighted by atomic mass is 19.4. The minimum Gasteiger partial charge on any atom is -0.493 e. The highest BCUT2D eigenvalue weighted by Crippen LogP contribution is 2.35. The van der Waals surface area contributed by atoms with Crippen molar-refractivity contribution in [1.82, 2.24) is 0 Å². The Kier molecular flexibility index (Phi) is 6.26. The van der Waals surface area contributed by atoms with Gasteiger partial charge in [0, 0.05) is 11.3 Å². The summed E-state index contributed by atoms with van der Waals surface area (Å²) < 4.78 is 43.7. The molecule has 0 fully saturated rings. The van der Waals surface area contributed by atoms with E-state index >= 15 is 0 Å². The van der Waals surface area contributed by atoms with Gasteiger partial charge >= 0.3 is 6.18 Å². The number of aryl methyl sites for hydroxylation is 2.